The second-order valence-corrected chi connectivity index (χ2v) is 9.98. The van der Waals surface area contributed by atoms with E-state index < -0.39 is 11.4 Å². The predicted molar refractivity (Wildman–Crippen MR) is 136 cm³/mol. The number of aromatic nitrogens is 2. The SMILES string of the molecule is CCCN1C(=O)c2c(C(=O)NCc3ccc(N(C)C)cc3)ncn2C[C@@]1(C)C(=O)NCCC(C)C. The highest BCUT2D eigenvalue weighted by Gasteiger charge is 2.48. The largest absolute Gasteiger partial charge is 0.378 e. The standard InChI is InChI=1S/C26H38N6O3/c1-7-14-32-24(34)22-21(23(33)28-15-19-8-10-20(11-9-19)30(5)6)29-17-31(22)16-26(32,4)25(35)27-13-12-18(2)3/h8-11,17-18H,7,12-16H2,1-6H3,(H,27,35)(H,28,33)/t26-/m0/s1. The molecule has 1 aromatic heterocycles. The van der Waals surface area contributed by atoms with Crippen LogP contribution in [-0.4, -0.2) is 64.9 Å². The summed E-state index contributed by atoms with van der Waals surface area (Å²) in [6, 6.07) is 7.88. The van der Waals surface area contributed by atoms with Gasteiger partial charge in [-0.25, -0.2) is 4.98 Å². The topological polar surface area (TPSA) is 99.6 Å². The van der Waals surface area contributed by atoms with Crippen LogP contribution >= 0.6 is 0 Å². The van der Waals surface area contributed by atoms with Crippen LogP contribution in [0.15, 0.2) is 30.6 Å². The third-order valence-corrected chi connectivity index (χ3v) is 6.42. The normalized spacial score (nSPS) is 17.3. The average molecular weight is 483 g/mol. The van der Waals surface area contributed by atoms with Gasteiger partial charge in [-0.05, 0) is 43.4 Å². The molecule has 0 saturated carbocycles. The fourth-order valence-electron chi connectivity index (χ4n) is 4.27. The van der Waals surface area contributed by atoms with Crippen molar-refractivity contribution in [3.05, 3.63) is 47.5 Å². The first-order valence-corrected chi connectivity index (χ1v) is 12.3. The minimum absolute atomic E-state index is 0.0864. The molecule has 1 aromatic carbocycles. The summed E-state index contributed by atoms with van der Waals surface area (Å²) in [5, 5.41) is 5.87. The summed E-state index contributed by atoms with van der Waals surface area (Å²) in [5.74, 6) is -0.482. The summed E-state index contributed by atoms with van der Waals surface area (Å²) in [6.45, 7) is 9.49. The Hall–Kier alpha value is -3.36. The number of fused-ring (bicyclic) bond motifs is 1. The number of benzene rings is 1. The van der Waals surface area contributed by atoms with Gasteiger partial charge in [0.25, 0.3) is 11.8 Å². The third-order valence-electron chi connectivity index (χ3n) is 6.42. The molecule has 1 atom stereocenters. The molecule has 9 heteroatoms. The van der Waals surface area contributed by atoms with Crippen molar-refractivity contribution in [2.75, 3.05) is 32.1 Å². The van der Waals surface area contributed by atoms with E-state index in [-0.39, 0.29) is 29.7 Å². The highest BCUT2D eigenvalue weighted by atomic mass is 16.2. The lowest BCUT2D eigenvalue weighted by Crippen LogP contribution is -2.64. The summed E-state index contributed by atoms with van der Waals surface area (Å²) in [5.41, 5.74) is 1.28. The number of hydrogen-bond donors (Lipinski definition) is 2. The summed E-state index contributed by atoms with van der Waals surface area (Å²) in [7, 11) is 3.94. The van der Waals surface area contributed by atoms with Gasteiger partial charge < -0.3 is 25.0 Å². The number of imidazole rings is 1. The van der Waals surface area contributed by atoms with Crippen molar-refractivity contribution >= 4 is 23.4 Å². The van der Waals surface area contributed by atoms with Crippen molar-refractivity contribution in [3.8, 4) is 0 Å². The molecule has 2 heterocycles. The zero-order valence-corrected chi connectivity index (χ0v) is 21.7. The van der Waals surface area contributed by atoms with E-state index in [1.807, 2.05) is 50.2 Å². The van der Waals surface area contributed by atoms with Gasteiger partial charge in [-0.2, -0.15) is 0 Å². The molecule has 9 nitrogen and oxygen atoms in total. The molecule has 3 amide bonds. The fourth-order valence-corrected chi connectivity index (χ4v) is 4.27. The Balaban J connectivity index is 1.78. The molecule has 0 bridgehead atoms. The van der Waals surface area contributed by atoms with E-state index in [1.165, 1.54) is 6.33 Å². The van der Waals surface area contributed by atoms with Crippen molar-refractivity contribution in [1.29, 1.82) is 0 Å². The summed E-state index contributed by atoms with van der Waals surface area (Å²) < 4.78 is 1.64. The van der Waals surface area contributed by atoms with Crippen molar-refractivity contribution in [2.24, 2.45) is 5.92 Å². The van der Waals surface area contributed by atoms with Gasteiger partial charge >= 0.3 is 0 Å². The van der Waals surface area contributed by atoms with Crippen LogP contribution in [0, 0.1) is 5.92 Å². The highest BCUT2D eigenvalue weighted by molar-refractivity contribution is 6.07. The van der Waals surface area contributed by atoms with Crippen molar-refractivity contribution in [2.45, 2.75) is 59.2 Å². The number of amides is 3. The van der Waals surface area contributed by atoms with Gasteiger partial charge in [0.1, 0.15) is 11.2 Å². The maximum Gasteiger partial charge on any atom is 0.273 e. The summed E-state index contributed by atoms with van der Waals surface area (Å²) >= 11 is 0. The van der Waals surface area contributed by atoms with E-state index in [0.717, 1.165) is 17.7 Å². The van der Waals surface area contributed by atoms with Crippen molar-refractivity contribution in [3.63, 3.8) is 0 Å². The Kier molecular flexibility index (Phi) is 8.19. The lowest BCUT2D eigenvalue weighted by Gasteiger charge is -2.43. The van der Waals surface area contributed by atoms with Crippen LogP contribution in [0.3, 0.4) is 0 Å². The van der Waals surface area contributed by atoms with E-state index in [1.54, 1.807) is 16.4 Å². The monoisotopic (exact) mass is 482 g/mol. The first-order chi connectivity index (χ1) is 16.6. The zero-order valence-electron chi connectivity index (χ0n) is 21.7. The number of nitrogens with zero attached hydrogens (tertiary/aromatic N) is 4. The molecule has 35 heavy (non-hydrogen) atoms. The van der Waals surface area contributed by atoms with Crippen LogP contribution in [0.2, 0.25) is 0 Å². The predicted octanol–water partition coefficient (Wildman–Crippen LogP) is 2.67. The van der Waals surface area contributed by atoms with Crippen LogP contribution < -0.4 is 15.5 Å². The Morgan fingerprint density at radius 1 is 1.17 bits per heavy atom. The fraction of sp³-hybridized carbons (Fsp3) is 0.538. The summed E-state index contributed by atoms with van der Waals surface area (Å²) in [4.78, 5) is 47.6. The first kappa shape index (κ1) is 26.2. The minimum atomic E-state index is -1.06. The van der Waals surface area contributed by atoms with Crippen LogP contribution in [0.4, 0.5) is 5.69 Å². The molecule has 190 valence electrons. The number of anilines is 1. The van der Waals surface area contributed by atoms with Gasteiger partial charge in [0.05, 0.1) is 12.9 Å². The third kappa shape index (κ3) is 5.66. The average Bonchev–Trinajstić information content (AvgIpc) is 3.23. The quantitative estimate of drug-likeness (QED) is 0.542. The Morgan fingerprint density at radius 2 is 1.86 bits per heavy atom. The maximum atomic E-state index is 13.6. The number of carbonyl (C=O) groups is 3. The molecule has 2 N–H and O–H groups in total. The number of hydrogen-bond acceptors (Lipinski definition) is 5. The number of carbonyl (C=O) groups excluding carboxylic acids is 3. The smallest absolute Gasteiger partial charge is 0.273 e. The van der Waals surface area contributed by atoms with Crippen molar-refractivity contribution < 1.29 is 14.4 Å². The van der Waals surface area contributed by atoms with Gasteiger partial charge in [0.15, 0.2) is 5.69 Å². The van der Waals surface area contributed by atoms with Gasteiger partial charge in [-0.15, -0.1) is 0 Å². The van der Waals surface area contributed by atoms with E-state index in [9.17, 15) is 14.4 Å². The van der Waals surface area contributed by atoms with Crippen LogP contribution in [0.25, 0.3) is 0 Å². The Morgan fingerprint density at radius 3 is 2.46 bits per heavy atom. The van der Waals surface area contributed by atoms with Crippen LogP contribution in [0.5, 0.6) is 0 Å². The molecule has 0 radical (unpaired) electrons. The molecule has 2 aromatic rings. The van der Waals surface area contributed by atoms with E-state index in [0.29, 0.717) is 32.0 Å². The van der Waals surface area contributed by atoms with Crippen LogP contribution in [-0.2, 0) is 17.9 Å². The minimum Gasteiger partial charge on any atom is -0.378 e. The highest BCUT2D eigenvalue weighted by Crippen LogP contribution is 2.29. The van der Waals surface area contributed by atoms with Crippen LogP contribution in [0.1, 0.15) is 67.1 Å². The molecular formula is C26H38N6O3. The molecule has 1 aliphatic rings. The summed E-state index contributed by atoms with van der Waals surface area (Å²) in [6.07, 6.45) is 3.04. The number of rotatable bonds is 10. The van der Waals surface area contributed by atoms with Gasteiger partial charge in [-0.1, -0.05) is 32.9 Å². The second kappa shape index (κ2) is 10.9. The van der Waals surface area contributed by atoms with E-state index >= 15 is 0 Å². The molecule has 1 aliphatic heterocycles. The molecule has 0 aliphatic carbocycles. The molecule has 0 unspecified atom stereocenters. The molecule has 3 rings (SSSR count). The maximum absolute atomic E-state index is 13.6. The molecular weight excluding hydrogens is 444 g/mol. The number of nitrogens with one attached hydrogen (secondary N) is 2. The van der Waals surface area contributed by atoms with Gasteiger partial charge in [-0.3, -0.25) is 14.4 Å². The zero-order chi connectivity index (χ0) is 25.8. The second-order valence-electron chi connectivity index (χ2n) is 9.98. The molecule has 0 saturated heterocycles. The van der Waals surface area contributed by atoms with Gasteiger partial charge in [0, 0.05) is 39.4 Å². The molecule has 0 fully saturated rings. The van der Waals surface area contributed by atoms with Gasteiger partial charge in [0.2, 0.25) is 5.91 Å². The van der Waals surface area contributed by atoms with Crippen molar-refractivity contribution in [1.82, 2.24) is 25.1 Å². The Labute approximate surface area is 207 Å². The Bertz CT molecular complexity index is 1060. The van der Waals surface area contributed by atoms with E-state index in [2.05, 4.69) is 29.5 Å². The molecule has 0 spiro atoms. The first-order valence-electron chi connectivity index (χ1n) is 12.3. The lowest BCUT2D eigenvalue weighted by atomic mass is 9.93. The lowest BCUT2D eigenvalue weighted by molar-refractivity contribution is -0.132. The van der Waals surface area contributed by atoms with E-state index in [4.69, 9.17) is 0 Å².